The van der Waals surface area contributed by atoms with Crippen molar-refractivity contribution in [2.45, 2.75) is 6.10 Å². The SMILES string of the molecule is COC(=O)C(=O)[C@H](O)CO. The fraction of sp³-hybridized carbons (Fsp3) is 0.600. The molecule has 0 spiro atoms. The molecular weight excluding hydrogens is 140 g/mol. The van der Waals surface area contributed by atoms with Gasteiger partial charge in [0.05, 0.1) is 13.7 Å². The summed E-state index contributed by atoms with van der Waals surface area (Å²) in [5, 5.41) is 16.7. The molecular formula is C5H8O5. The summed E-state index contributed by atoms with van der Waals surface area (Å²) >= 11 is 0. The Labute approximate surface area is 57.2 Å². The first-order valence-electron chi connectivity index (χ1n) is 2.54. The molecule has 0 aromatic rings. The van der Waals surface area contributed by atoms with Gasteiger partial charge in [-0.1, -0.05) is 0 Å². The van der Waals surface area contributed by atoms with Gasteiger partial charge >= 0.3 is 5.97 Å². The molecule has 0 aliphatic rings. The third kappa shape index (κ3) is 2.12. The second kappa shape index (κ2) is 3.97. The van der Waals surface area contributed by atoms with Crippen molar-refractivity contribution in [3.63, 3.8) is 0 Å². The second-order valence-electron chi connectivity index (χ2n) is 1.55. The molecule has 0 aromatic heterocycles. The fourth-order valence-corrected chi connectivity index (χ4v) is 0.320. The number of rotatable bonds is 3. The molecule has 0 saturated heterocycles. The van der Waals surface area contributed by atoms with Crippen LogP contribution in [-0.2, 0) is 14.3 Å². The number of esters is 1. The van der Waals surface area contributed by atoms with Crippen LogP contribution >= 0.6 is 0 Å². The van der Waals surface area contributed by atoms with Crippen LogP contribution in [0.4, 0.5) is 0 Å². The van der Waals surface area contributed by atoms with Crippen LogP contribution in [0.15, 0.2) is 0 Å². The van der Waals surface area contributed by atoms with Crippen LogP contribution in [0.2, 0.25) is 0 Å². The van der Waals surface area contributed by atoms with E-state index in [2.05, 4.69) is 4.74 Å². The number of methoxy groups -OCH3 is 1. The summed E-state index contributed by atoms with van der Waals surface area (Å²) in [6, 6.07) is 0. The summed E-state index contributed by atoms with van der Waals surface area (Å²) in [4.78, 5) is 20.7. The van der Waals surface area contributed by atoms with Gasteiger partial charge in [0.2, 0.25) is 0 Å². The Hall–Kier alpha value is -0.940. The molecule has 0 fully saturated rings. The Kier molecular flexibility index (Phi) is 3.60. The summed E-state index contributed by atoms with van der Waals surface area (Å²) < 4.78 is 3.98. The van der Waals surface area contributed by atoms with Crippen LogP contribution in [0.3, 0.4) is 0 Å². The number of aliphatic hydroxyl groups is 2. The predicted molar refractivity (Wildman–Crippen MR) is 30.1 cm³/mol. The number of ketones is 1. The van der Waals surface area contributed by atoms with Gasteiger partial charge in [-0.05, 0) is 0 Å². The first-order valence-corrected chi connectivity index (χ1v) is 2.54. The van der Waals surface area contributed by atoms with E-state index in [1.54, 1.807) is 0 Å². The molecule has 0 saturated carbocycles. The van der Waals surface area contributed by atoms with Crippen molar-refractivity contribution in [2.75, 3.05) is 13.7 Å². The van der Waals surface area contributed by atoms with Gasteiger partial charge in [-0.2, -0.15) is 0 Å². The Morgan fingerprint density at radius 2 is 2.10 bits per heavy atom. The highest BCUT2D eigenvalue weighted by Crippen LogP contribution is 1.86. The van der Waals surface area contributed by atoms with E-state index >= 15 is 0 Å². The van der Waals surface area contributed by atoms with Gasteiger partial charge in [0, 0.05) is 0 Å². The summed E-state index contributed by atoms with van der Waals surface area (Å²) in [7, 11) is 1.02. The maximum absolute atomic E-state index is 10.4. The molecule has 0 rings (SSSR count). The summed E-state index contributed by atoms with van der Waals surface area (Å²) in [6.45, 7) is -0.770. The lowest BCUT2D eigenvalue weighted by molar-refractivity contribution is -0.156. The molecule has 58 valence electrons. The average molecular weight is 148 g/mol. The van der Waals surface area contributed by atoms with Crippen LogP contribution in [-0.4, -0.2) is 41.8 Å². The zero-order chi connectivity index (χ0) is 8.15. The van der Waals surface area contributed by atoms with Gasteiger partial charge in [0.25, 0.3) is 5.78 Å². The number of aliphatic hydroxyl groups excluding tert-OH is 2. The van der Waals surface area contributed by atoms with E-state index in [0.717, 1.165) is 7.11 Å². The summed E-state index contributed by atoms with van der Waals surface area (Å²) in [6.07, 6.45) is -1.66. The molecule has 5 nitrogen and oxygen atoms in total. The van der Waals surface area contributed by atoms with E-state index in [0.29, 0.717) is 0 Å². The highest BCUT2D eigenvalue weighted by molar-refractivity contribution is 6.35. The Bertz CT molecular complexity index is 141. The molecule has 1 atom stereocenters. The van der Waals surface area contributed by atoms with Crippen LogP contribution in [0.25, 0.3) is 0 Å². The zero-order valence-corrected chi connectivity index (χ0v) is 5.40. The van der Waals surface area contributed by atoms with Crippen molar-refractivity contribution in [3.05, 3.63) is 0 Å². The average Bonchev–Trinajstić information content (AvgIpc) is 2.00. The first kappa shape index (κ1) is 9.06. The van der Waals surface area contributed by atoms with Gasteiger partial charge in [-0.15, -0.1) is 0 Å². The number of hydrogen-bond donors (Lipinski definition) is 2. The highest BCUT2D eigenvalue weighted by Gasteiger charge is 2.22. The third-order valence-corrected chi connectivity index (χ3v) is 0.862. The van der Waals surface area contributed by atoms with E-state index in [1.807, 2.05) is 0 Å². The minimum absolute atomic E-state index is 0.770. The van der Waals surface area contributed by atoms with E-state index in [-0.39, 0.29) is 0 Å². The minimum Gasteiger partial charge on any atom is -0.463 e. The normalized spacial score (nSPS) is 12.3. The standard InChI is InChI=1S/C5H8O5/c1-10-5(9)4(8)3(7)2-6/h3,6-7H,2H2,1H3/t3-/m1/s1. The minimum atomic E-state index is -1.66. The second-order valence-corrected chi connectivity index (χ2v) is 1.55. The van der Waals surface area contributed by atoms with Crippen molar-refractivity contribution in [1.29, 1.82) is 0 Å². The Morgan fingerprint density at radius 3 is 2.40 bits per heavy atom. The molecule has 0 unspecified atom stereocenters. The van der Waals surface area contributed by atoms with Crippen LogP contribution < -0.4 is 0 Å². The van der Waals surface area contributed by atoms with Crippen molar-refractivity contribution in [3.8, 4) is 0 Å². The smallest absolute Gasteiger partial charge is 0.377 e. The van der Waals surface area contributed by atoms with Gasteiger partial charge in [0.1, 0.15) is 6.10 Å². The number of carbonyl (C=O) groups excluding carboxylic acids is 2. The predicted octanol–water partition coefficient (Wildman–Crippen LogP) is -1.92. The lowest BCUT2D eigenvalue weighted by Gasteiger charge is -2.01. The number of hydrogen-bond acceptors (Lipinski definition) is 5. The maximum Gasteiger partial charge on any atom is 0.377 e. The third-order valence-electron chi connectivity index (χ3n) is 0.862. The van der Waals surface area contributed by atoms with Crippen LogP contribution in [0.1, 0.15) is 0 Å². The van der Waals surface area contributed by atoms with Crippen molar-refractivity contribution in [1.82, 2.24) is 0 Å². The van der Waals surface area contributed by atoms with E-state index < -0.39 is 24.5 Å². The lowest BCUT2D eigenvalue weighted by Crippen LogP contribution is -2.31. The van der Waals surface area contributed by atoms with Crippen LogP contribution in [0.5, 0.6) is 0 Å². The molecule has 10 heavy (non-hydrogen) atoms. The molecule has 0 amide bonds. The molecule has 0 heterocycles. The molecule has 5 heteroatoms. The zero-order valence-electron chi connectivity index (χ0n) is 5.40. The molecule has 0 bridgehead atoms. The maximum atomic E-state index is 10.4. The van der Waals surface area contributed by atoms with Gasteiger partial charge < -0.3 is 14.9 Å². The molecule has 0 aromatic carbocycles. The molecule has 0 aliphatic heterocycles. The Balaban J connectivity index is 3.95. The monoisotopic (exact) mass is 148 g/mol. The van der Waals surface area contributed by atoms with E-state index in [4.69, 9.17) is 10.2 Å². The largest absolute Gasteiger partial charge is 0.463 e. The van der Waals surface area contributed by atoms with Crippen LogP contribution in [0, 0.1) is 0 Å². The van der Waals surface area contributed by atoms with Gasteiger partial charge in [-0.25, -0.2) is 4.79 Å². The molecule has 0 aliphatic carbocycles. The topological polar surface area (TPSA) is 83.8 Å². The lowest BCUT2D eigenvalue weighted by atomic mass is 10.2. The van der Waals surface area contributed by atoms with E-state index in [1.165, 1.54) is 0 Å². The van der Waals surface area contributed by atoms with Gasteiger partial charge in [-0.3, -0.25) is 4.79 Å². The quantitative estimate of drug-likeness (QED) is 0.360. The van der Waals surface area contributed by atoms with E-state index in [9.17, 15) is 9.59 Å². The van der Waals surface area contributed by atoms with Crippen molar-refractivity contribution >= 4 is 11.8 Å². The van der Waals surface area contributed by atoms with Gasteiger partial charge in [0.15, 0.2) is 0 Å². The first-order chi connectivity index (χ1) is 4.63. The van der Waals surface area contributed by atoms with Crippen molar-refractivity contribution in [2.24, 2.45) is 0 Å². The summed E-state index contributed by atoms with van der Waals surface area (Å²) in [5.74, 6) is -2.29. The number of Topliss-reactive ketones (excluding diaryl/α,β-unsaturated/α-hetero) is 1. The fourth-order valence-electron chi connectivity index (χ4n) is 0.320. The van der Waals surface area contributed by atoms with Crippen molar-refractivity contribution < 1.29 is 24.5 Å². The number of carbonyl (C=O) groups is 2. The highest BCUT2D eigenvalue weighted by atomic mass is 16.5. The Morgan fingerprint density at radius 1 is 1.60 bits per heavy atom. The number of ether oxygens (including phenoxy) is 1. The molecule has 0 radical (unpaired) electrons. The summed E-state index contributed by atoms with van der Waals surface area (Å²) in [5.41, 5.74) is 0. The molecule has 2 N–H and O–H groups in total.